The molecule has 2 rings (SSSR count). The molecule has 0 fully saturated rings. The molecule has 0 amide bonds. The van der Waals surface area contributed by atoms with Gasteiger partial charge in [-0.2, -0.15) is 0 Å². The highest BCUT2D eigenvalue weighted by Crippen LogP contribution is 2.16. The third kappa shape index (κ3) is 5.27. The zero-order valence-electron chi connectivity index (χ0n) is 12.6. The first-order valence-electron chi connectivity index (χ1n) is 7.24. The van der Waals surface area contributed by atoms with Gasteiger partial charge >= 0.3 is 0 Å². The van der Waals surface area contributed by atoms with E-state index in [2.05, 4.69) is 64.6 Å². The van der Waals surface area contributed by atoms with Crippen LogP contribution in [-0.4, -0.2) is 13.6 Å². The molecule has 0 bridgehead atoms. The number of hydrogen-bond acceptors (Lipinski definition) is 2. The molecule has 0 saturated heterocycles. The number of ether oxygens (including phenoxy) is 1. The monoisotopic (exact) mass is 347 g/mol. The third-order valence-corrected chi connectivity index (χ3v) is 3.98. The zero-order chi connectivity index (χ0) is 15.1. The average molecular weight is 348 g/mol. The van der Waals surface area contributed by atoms with Crippen LogP contribution in [0, 0.1) is 0 Å². The van der Waals surface area contributed by atoms with Gasteiger partial charge in [0.1, 0.15) is 0 Å². The van der Waals surface area contributed by atoms with E-state index in [-0.39, 0.29) is 0 Å². The summed E-state index contributed by atoms with van der Waals surface area (Å²) >= 11 is 3.47. The van der Waals surface area contributed by atoms with Gasteiger partial charge in [-0.15, -0.1) is 0 Å². The Morgan fingerprint density at radius 3 is 2.43 bits per heavy atom. The van der Waals surface area contributed by atoms with Gasteiger partial charge in [0.15, 0.2) is 0 Å². The molecular formula is C18H22BrNO. The maximum absolute atomic E-state index is 5.78. The molecule has 1 atom stereocenters. The summed E-state index contributed by atoms with van der Waals surface area (Å²) in [5.41, 5.74) is 3.76. The Kier molecular flexibility index (Phi) is 6.43. The molecule has 2 aromatic carbocycles. The van der Waals surface area contributed by atoms with Gasteiger partial charge in [-0.1, -0.05) is 59.3 Å². The van der Waals surface area contributed by atoms with Crippen LogP contribution in [0.2, 0.25) is 0 Å². The second-order valence-corrected chi connectivity index (χ2v) is 6.24. The fourth-order valence-electron chi connectivity index (χ4n) is 2.28. The number of halogens is 1. The molecule has 0 heterocycles. The number of nitrogens with one attached hydrogen (secondary N) is 1. The van der Waals surface area contributed by atoms with E-state index < -0.39 is 0 Å². The van der Waals surface area contributed by atoms with Crippen LogP contribution in [0.25, 0.3) is 0 Å². The Labute approximate surface area is 135 Å². The summed E-state index contributed by atoms with van der Waals surface area (Å²) in [6.45, 7) is 4.51. The van der Waals surface area contributed by atoms with Crippen LogP contribution < -0.4 is 5.32 Å². The van der Waals surface area contributed by atoms with Crippen molar-refractivity contribution >= 4 is 15.9 Å². The number of benzene rings is 2. The van der Waals surface area contributed by atoms with E-state index in [4.69, 9.17) is 4.74 Å². The van der Waals surface area contributed by atoms with Crippen LogP contribution in [0.1, 0.15) is 29.5 Å². The van der Waals surface area contributed by atoms with Crippen molar-refractivity contribution in [3.8, 4) is 0 Å². The second kappa shape index (κ2) is 8.32. The molecule has 1 N–H and O–H groups in total. The summed E-state index contributed by atoms with van der Waals surface area (Å²) in [7, 11) is 1.99. The molecule has 112 valence electrons. The van der Waals surface area contributed by atoms with Crippen molar-refractivity contribution in [1.29, 1.82) is 0 Å². The molecule has 3 heteroatoms. The summed E-state index contributed by atoms with van der Waals surface area (Å²) in [6.07, 6.45) is 0. The lowest BCUT2D eigenvalue weighted by molar-refractivity contribution is 0.107. The molecule has 2 aromatic rings. The smallest absolute Gasteiger partial charge is 0.0721 e. The van der Waals surface area contributed by atoms with E-state index in [1.165, 1.54) is 16.7 Å². The molecule has 0 aliphatic carbocycles. The fourth-order valence-corrected chi connectivity index (χ4v) is 2.73. The summed E-state index contributed by atoms with van der Waals surface area (Å²) < 4.78 is 6.86. The van der Waals surface area contributed by atoms with E-state index in [1.807, 2.05) is 19.2 Å². The van der Waals surface area contributed by atoms with Crippen LogP contribution in [0.4, 0.5) is 0 Å². The first-order valence-corrected chi connectivity index (χ1v) is 8.04. The van der Waals surface area contributed by atoms with Crippen molar-refractivity contribution in [2.45, 2.75) is 26.1 Å². The van der Waals surface area contributed by atoms with Crippen molar-refractivity contribution in [2.75, 3.05) is 13.6 Å². The third-order valence-electron chi connectivity index (χ3n) is 3.49. The Hall–Kier alpha value is -1.16. The predicted molar refractivity (Wildman–Crippen MR) is 91.4 cm³/mol. The summed E-state index contributed by atoms with van der Waals surface area (Å²) in [6, 6.07) is 16.9. The van der Waals surface area contributed by atoms with Gasteiger partial charge in [-0.25, -0.2) is 0 Å². The van der Waals surface area contributed by atoms with Gasteiger partial charge in [0, 0.05) is 11.0 Å². The van der Waals surface area contributed by atoms with Crippen molar-refractivity contribution in [3.05, 3.63) is 69.7 Å². The minimum absolute atomic E-state index is 0.534. The van der Waals surface area contributed by atoms with Crippen LogP contribution in [0.3, 0.4) is 0 Å². The molecule has 0 aliphatic rings. The van der Waals surface area contributed by atoms with E-state index in [1.54, 1.807) is 0 Å². The summed E-state index contributed by atoms with van der Waals surface area (Å²) in [5.74, 6) is 0.534. The largest absolute Gasteiger partial charge is 0.372 e. The topological polar surface area (TPSA) is 21.3 Å². The predicted octanol–water partition coefficient (Wildman–Crippen LogP) is 4.49. The zero-order valence-corrected chi connectivity index (χ0v) is 14.2. The van der Waals surface area contributed by atoms with Crippen molar-refractivity contribution < 1.29 is 4.74 Å². The first-order chi connectivity index (χ1) is 10.2. The van der Waals surface area contributed by atoms with E-state index >= 15 is 0 Å². The number of likely N-dealkylation sites (N-methyl/N-ethyl adjacent to an activating group) is 1. The Morgan fingerprint density at radius 2 is 1.76 bits per heavy atom. The van der Waals surface area contributed by atoms with Crippen LogP contribution >= 0.6 is 15.9 Å². The molecule has 0 saturated carbocycles. The Morgan fingerprint density at radius 1 is 1.05 bits per heavy atom. The SMILES string of the molecule is CNCC(C)c1ccc(COCc2cccc(Br)c2)cc1. The lowest BCUT2D eigenvalue weighted by atomic mass is 10.00. The lowest BCUT2D eigenvalue weighted by Crippen LogP contribution is -2.14. The maximum atomic E-state index is 5.78. The van der Waals surface area contributed by atoms with Crippen LogP contribution in [-0.2, 0) is 18.0 Å². The minimum Gasteiger partial charge on any atom is -0.372 e. The molecule has 2 nitrogen and oxygen atoms in total. The highest BCUT2D eigenvalue weighted by atomic mass is 79.9. The highest BCUT2D eigenvalue weighted by Gasteiger charge is 2.04. The summed E-state index contributed by atoms with van der Waals surface area (Å²) in [4.78, 5) is 0. The van der Waals surface area contributed by atoms with E-state index in [0.717, 1.165) is 11.0 Å². The maximum Gasteiger partial charge on any atom is 0.0721 e. The quantitative estimate of drug-likeness (QED) is 0.796. The van der Waals surface area contributed by atoms with E-state index in [9.17, 15) is 0 Å². The van der Waals surface area contributed by atoms with Crippen molar-refractivity contribution in [1.82, 2.24) is 5.32 Å². The molecule has 1 unspecified atom stereocenters. The van der Waals surface area contributed by atoms with Crippen LogP contribution in [0.5, 0.6) is 0 Å². The lowest BCUT2D eigenvalue weighted by Gasteiger charge is -2.12. The van der Waals surface area contributed by atoms with Crippen molar-refractivity contribution in [2.24, 2.45) is 0 Å². The highest BCUT2D eigenvalue weighted by molar-refractivity contribution is 9.10. The average Bonchev–Trinajstić information content (AvgIpc) is 2.48. The molecule has 0 radical (unpaired) electrons. The standard InChI is InChI=1S/C18H22BrNO/c1-14(11-20-2)17-8-6-15(7-9-17)12-21-13-16-4-3-5-18(19)10-16/h3-10,14,20H,11-13H2,1-2H3. The van der Waals surface area contributed by atoms with Gasteiger partial charge in [0.2, 0.25) is 0 Å². The van der Waals surface area contributed by atoms with E-state index in [0.29, 0.717) is 19.1 Å². The number of hydrogen-bond donors (Lipinski definition) is 1. The van der Waals surface area contributed by atoms with Crippen molar-refractivity contribution in [3.63, 3.8) is 0 Å². The van der Waals surface area contributed by atoms with Crippen LogP contribution in [0.15, 0.2) is 53.0 Å². The summed E-state index contributed by atoms with van der Waals surface area (Å²) in [5, 5.41) is 3.21. The normalized spacial score (nSPS) is 12.3. The fraction of sp³-hybridized carbons (Fsp3) is 0.333. The molecule has 21 heavy (non-hydrogen) atoms. The minimum atomic E-state index is 0.534. The molecular weight excluding hydrogens is 326 g/mol. The van der Waals surface area contributed by atoms with Gasteiger partial charge in [-0.3, -0.25) is 0 Å². The molecule has 0 spiro atoms. The second-order valence-electron chi connectivity index (χ2n) is 5.32. The van der Waals surface area contributed by atoms with Gasteiger partial charge < -0.3 is 10.1 Å². The Bertz CT molecular complexity index is 553. The Balaban J connectivity index is 1.83. The first kappa shape index (κ1) is 16.2. The van der Waals surface area contributed by atoms with Gasteiger partial charge in [0.05, 0.1) is 13.2 Å². The molecule has 0 aliphatic heterocycles. The van der Waals surface area contributed by atoms with Gasteiger partial charge in [0.25, 0.3) is 0 Å². The van der Waals surface area contributed by atoms with Gasteiger partial charge in [-0.05, 0) is 41.8 Å². The molecule has 0 aromatic heterocycles. The number of rotatable bonds is 7.